The lowest BCUT2D eigenvalue weighted by Gasteiger charge is -2.10. The van der Waals surface area contributed by atoms with Gasteiger partial charge in [0.05, 0.1) is 5.56 Å². The summed E-state index contributed by atoms with van der Waals surface area (Å²) in [7, 11) is 1.89. The van der Waals surface area contributed by atoms with E-state index in [0.717, 1.165) is 24.1 Å². The molecule has 2 rings (SSSR count). The number of carbonyl (C=O) groups is 1. The molecule has 0 unspecified atom stereocenters. The maximum Gasteiger partial charge on any atom is 0.338 e. The van der Waals surface area contributed by atoms with Gasteiger partial charge in [0.2, 0.25) is 0 Å². The molecule has 2 aromatic rings. The fraction of sp³-hybridized carbons (Fsp3) is 0.235. The van der Waals surface area contributed by atoms with Crippen LogP contribution in [0.5, 0.6) is 0 Å². The zero-order valence-electron chi connectivity index (χ0n) is 11.9. The highest BCUT2D eigenvalue weighted by molar-refractivity contribution is 6.31. The van der Waals surface area contributed by atoms with Gasteiger partial charge in [0, 0.05) is 10.6 Å². The van der Waals surface area contributed by atoms with Gasteiger partial charge in [-0.25, -0.2) is 4.79 Å². The summed E-state index contributed by atoms with van der Waals surface area (Å²) in [6.45, 7) is 0.994. The monoisotopic (exact) mass is 303 g/mol. The molecule has 0 atom stereocenters. The number of carbonyl (C=O) groups excluding carboxylic acids is 1. The van der Waals surface area contributed by atoms with E-state index in [1.165, 1.54) is 0 Å². The van der Waals surface area contributed by atoms with Crippen molar-refractivity contribution in [1.82, 2.24) is 5.32 Å². The third kappa shape index (κ3) is 4.31. The van der Waals surface area contributed by atoms with Crippen LogP contribution in [0, 0.1) is 0 Å². The van der Waals surface area contributed by atoms with Crippen LogP contribution in [0.25, 0.3) is 0 Å². The van der Waals surface area contributed by atoms with Crippen LogP contribution in [0.1, 0.15) is 21.5 Å². The van der Waals surface area contributed by atoms with Gasteiger partial charge in [-0.2, -0.15) is 0 Å². The molecular formula is C17H18ClNO2. The van der Waals surface area contributed by atoms with Crippen LogP contribution >= 0.6 is 11.6 Å². The summed E-state index contributed by atoms with van der Waals surface area (Å²) in [5.41, 5.74) is 2.40. The lowest BCUT2D eigenvalue weighted by Crippen LogP contribution is -2.14. The highest BCUT2D eigenvalue weighted by Gasteiger charge is 2.12. The molecule has 0 bridgehead atoms. The van der Waals surface area contributed by atoms with Crippen LogP contribution in [-0.4, -0.2) is 19.6 Å². The van der Waals surface area contributed by atoms with Gasteiger partial charge in [0.15, 0.2) is 0 Å². The molecule has 0 fully saturated rings. The van der Waals surface area contributed by atoms with E-state index in [9.17, 15) is 4.79 Å². The molecule has 0 heterocycles. The van der Waals surface area contributed by atoms with Crippen molar-refractivity contribution in [2.24, 2.45) is 0 Å². The fourth-order valence-corrected chi connectivity index (χ4v) is 2.22. The molecule has 0 amide bonds. The van der Waals surface area contributed by atoms with Crippen LogP contribution in [-0.2, 0) is 17.8 Å². The minimum absolute atomic E-state index is 0.179. The largest absolute Gasteiger partial charge is 0.457 e. The number of likely N-dealkylation sites (N-methyl/N-ethyl adjacent to an activating group) is 1. The molecule has 1 N–H and O–H groups in total. The number of hydrogen-bond acceptors (Lipinski definition) is 3. The first kappa shape index (κ1) is 15.5. The predicted molar refractivity (Wildman–Crippen MR) is 84.6 cm³/mol. The van der Waals surface area contributed by atoms with Crippen LogP contribution in [0.2, 0.25) is 5.02 Å². The first-order valence-corrected chi connectivity index (χ1v) is 7.23. The maximum atomic E-state index is 12.2. The van der Waals surface area contributed by atoms with Gasteiger partial charge in [0.25, 0.3) is 0 Å². The van der Waals surface area contributed by atoms with E-state index >= 15 is 0 Å². The normalized spacial score (nSPS) is 10.4. The topological polar surface area (TPSA) is 38.3 Å². The summed E-state index contributed by atoms with van der Waals surface area (Å²) in [6.07, 6.45) is 0.786. The van der Waals surface area contributed by atoms with Gasteiger partial charge in [-0.1, -0.05) is 48.0 Å². The number of halogens is 1. The molecule has 3 nitrogen and oxygen atoms in total. The Bertz CT molecular complexity index is 613. The zero-order chi connectivity index (χ0) is 15.1. The average Bonchev–Trinajstić information content (AvgIpc) is 2.52. The van der Waals surface area contributed by atoms with Gasteiger partial charge in [-0.05, 0) is 37.7 Å². The molecule has 0 saturated carbocycles. The van der Waals surface area contributed by atoms with Gasteiger partial charge < -0.3 is 10.1 Å². The molecule has 0 saturated heterocycles. The van der Waals surface area contributed by atoms with Crippen molar-refractivity contribution < 1.29 is 9.53 Å². The summed E-state index contributed by atoms with van der Waals surface area (Å²) >= 11 is 6.05. The Morgan fingerprint density at radius 3 is 2.48 bits per heavy atom. The van der Waals surface area contributed by atoms with Crippen molar-refractivity contribution in [2.45, 2.75) is 13.0 Å². The molecule has 21 heavy (non-hydrogen) atoms. The summed E-state index contributed by atoms with van der Waals surface area (Å²) in [6, 6.07) is 14.9. The van der Waals surface area contributed by atoms with Gasteiger partial charge >= 0.3 is 5.97 Å². The highest BCUT2D eigenvalue weighted by atomic mass is 35.5. The summed E-state index contributed by atoms with van der Waals surface area (Å²) < 4.78 is 5.37. The van der Waals surface area contributed by atoms with Crippen molar-refractivity contribution in [3.05, 3.63) is 70.2 Å². The Hall–Kier alpha value is -1.84. The number of benzene rings is 2. The van der Waals surface area contributed by atoms with E-state index in [1.54, 1.807) is 12.1 Å². The second-order valence-corrected chi connectivity index (χ2v) is 5.09. The fourth-order valence-electron chi connectivity index (χ4n) is 2.03. The molecule has 0 aliphatic carbocycles. The SMILES string of the molecule is CNCCc1ccccc1C(=O)OCc1ccccc1Cl. The Balaban J connectivity index is 2.05. The Labute approximate surface area is 129 Å². The number of rotatable bonds is 6. The van der Waals surface area contributed by atoms with E-state index in [2.05, 4.69) is 5.32 Å². The van der Waals surface area contributed by atoms with Crippen LogP contribution in [0.4, 0.5) is 0 Å². The highest BCUT2D eigenvalue weighted by Crippen LogP contribution is 2.17. The third-order valence-electron chi connectivity index (χ3n) is 3.20. The first-order valence-electron chi connectivity index (χ1n) is 6.85. The number of ether oxygens (including phenoxy) is 1. The van der Waals surface area contributed by atoms with Gasteiger partial charge in [-0.15, -0.1) is 0 Å². The van der Waals surface area contributed by atoms with Crippen molar-refractivity contribution in [1.29, 1.82) is 0 Å². The smallest absolute Gasteiger partial charge is 0.338 e. The predicted octanol–water partition coefficient (Wildman–Crippen LogP) is 3.46. The van der Waals surface area contributed by atoms with Crippen molar-refractivity contribution in [3.63, 3.8) is 0 Å². The van der Waals surface area contributed by atoms with Crippen molar-refractivity contribution in [3.8, 4) is 0 Å². The lowest BCUT2D eigenvalue weighted by atomic mass is 10.0. The van der Waals surface area contributed by atoms with Gasteiger partial charge in [0.1, 0.15) is 6.61 Å². The second-order valence-electron chi connectivity index (χ2n) is 4.68. The van der Waals surface area contributed by atoms with E-state index in [-0.39, 0.29) is 12.6 Å². The lowest BCUT2D eigenvalue weighted by molar-refractivity contribution is 0.0471. The molecule has 4 heteroatoms. The third-order valence-corrected chi connectivity index (χ3v) is 3.57. The minimum Gasteiger partial charge on any atom is -0.457 e. The first-order chi connectivity index (χ1) is 10.2. The number of nitrogens with one attached hydrogen (secondary N) is 1. The Morgan fingerprint density at radius 1 is 1.10 bits per heavy atom. The summed E-state index contributed by atoms with van der Waals surface area (Å²) in [5, 5.41) is 3.68. The molecule has 0 radical (unpaired) electrons. The maximum absolute atomic E-state index is 12.2. The van der Waals surface area contributed by atoms with E-state index in [4.69, 9.17) is 16.3 Å². The number of hydrogen-bond donors (Lipinski definition) is 1. The Morgan fingerprint density at radius 2 is 1.76 bits per heavy atom. The van der Waals surface area contributed by atoms with E-state index in [0.29, 0.717) is 10.6 Å². The standard InChI is InChI=1S/C17H18ClNO2/c1-19-11-10-13-6-2-4-8-15(13)17(20)21-12-14-7-3-5-9-16(14)18/h2-9,19H,10-12H2,1H3. The molecule has 0 aliphatic rings. The zero-order valence-corrected chi connectivity index (χ0v) is 12.7. The van der Waals surface area contributed by atoms with Crippen LogP contribution in [0.3, 0.4) is 0 Å². The van der Waals surface area contributed by atoms with Crippen molar-refractivity contribution >= 4 is 17.6 Å². The number of esters is 1. The second kappa shape index (κ2) is 7.81. The molecular weight excluding hydrogens is 286 g/mol. The van der Waals surface area contributed by atoms with Crippen LogP contribution in [0.15, 0.2) is 48.5 Å². The molecule has 0 spiro atoms. The molecule has 0 aromatic heterocycles. The average molecular weight is 304 g/mol. The quantitative estimate of drug-likeness (QED) is 0.831. The van der Waals surface area contributed by atoms with Crippen LogP contribution < -0.4 is 5.32 Å². The summed E-state index contributed by atoms with van der Waals surface area (Å²) in [5.74, 6) is -0.318. The van der Waals surface area contributed by atoms with Crippen molar-refractivity contribution in [2.75, 3.05) is 13.6 Å². The van der Waals surface area contributed by atoms with Gasteiger partial charge in [-0.3, -0.25) is 0 Å². The minimum atomic E-state index is -0.318. The molecule has 110 valence electrons. The Kier molecular flexibility index (Phi) is 5.78. The summed E-state index contributed by atoms with van der Waals surface area (Å²) in [4.78, 5) is 12.2. The van der Waals surface area contributed by atoms with E-state index in [1.807, 2.05) is 43.4 Å². The van der Waals surface area contributed by atoms with E-state index < -0.39 is 0 Å². The molecule has 2 aromatic carbocycles. The molecule has 0 aliphatic heterocycles.